The molecule has 0 bridgehead atoms. The van der Waals surface area contributed by atoms with Gasteiger partial charge in [-0.3, -0.25) is 0 Å². The van der Waals surface area contributed by atoms with Gasteiger partial charge in [-0.1, -0.05) is 50.6 Å². The maximum Gasteiger partial charge on any atom is 0.122 e. The molecule has 16 heavy (non-hydrogen) atoms. The Bertz CT molecular complexity index is 377. The van der Waals surface area contributed by atoms with Gasteiger partial charge in [0.2, 0.25) is 0 Å². The van der Waals surface area contributed by atoms with Crippen LogP contribution in [0.25, 0.3) is 0 Å². The van der Waals surface area contributed by atoms with Gasteiger partial charge in [-0.05, 0) is 25.3 Å². The summed E-state index contributed by atoms with van der Waals surface area (Å²) >= 11 is 0. The number of phenolic OH excluding ortho intramolecular Hbond substituents is 1. The highest BCUT2D eigenvalue weighted by Crippen LogP contribution is 2.33. The average molecular weight is 218 g/mol. The predicted octanol–water partition coefficient (Wildman–Crippen LogP) is 4.41. The number of aryl methyl sites for hydroxylation is 1. The van der Waals surface area contributed by atoms with Crippen molar-refractivity contribution in [1.29, 1.82) is 0 Å². The number of rotatable bonds is 4. The quantitative estimate of drug-likeness (QED) is 0.742. The number of benzene rings is 1. The molecule has 88 valence electrons. The molecule has 0 aliphatic rings. The third-order valence-electron chi connectivity index (χ3n) is 3.21. The third kappa shape index (κ3) is 2.66. The maximum atomic E-state index is 10.1. The molecule has 0 radical (unpaired) electrons. The van der Waals surface area contributed by atoms with Crippen LogP contribution in [0.1, 0.15) is 51.2 Å². The molecule has 0 aliphatic heterocycles. The SMILES string of the molecule is CC/C=C(\C)C(C)c1cccc(CC)c1O. The summed E-state index contributed by atoms with van der Waals surface area (Å²) < 4.78 is 0. The smallest absolute Gasteiger partial charge is 0.122 e. The molecule has 0 aromatic heterocycles. The molecule has 1 atom stereocenters. The van der Waals surface area contributed by atoms with Crippen LogP contribution in [0, 0.1) is 0 Å². The van der Waals surface area contributed by atoms with E-state index in [0.29, 0.717) is 11.7 Å². The number of aromatic hydroxyl groups is 1. The lowest BCUT2D eigenvalue weighted by Crippen LogP contribution is -1.97. The van der Waals surface area contributed by atoms with Crippen LogP contribution >= 0.6 is 0 Å². The zero-order valence-electron chi connectivity index (χ0n) is 10.7. The van der Waals surface area contributed by atoms with Gasteiger partial charge in [0, 0.05) is 11.5 Å². The van der Waals surface area contributed by atoms with Crippen molar-refractivity contribution in [2.24, 2.45) is 0 Å². The first-order chi connectivity index (χ1) is 7.61. The molecule has 0 heterocycles. The van der Waals surface area contributed by atoms with Crippen molar-refractivity contribution in [3.8, 4) is 5.75 Å². The van der Waals surface area contributed by atoms with Gasteiger partial charge >= 0.3 is 0 Å². The van der Waals surface area contributed by atoms with Gasteiger partial charge in [-0.2, -0.15) is 0 Å². The second-order valence-corrected chi connectivity index (χ2v) is 4.29. The van der Waals surface area contributed by atoms with E-state index in [9.17, 15) is 5.11 Å². The number of hydrogen-bond acceptors (Lipinski definition) is 1. The molecule has 0 spiro atoms. The minimum Gasteiger partial charge on any atom is -0.507 e. The van der Waals surface area contributed by atoms with Crippen molar-refractivity contribution in [2.45, 2.75) is 46.5 Å². The Morgan fingerprint density at radius 2 is 2.06 bits per heavy atom. The molecule has 0 saturated carbocycles. The van der Waals surface area contributed by atoms with Crippen LogP contribution in [-0.2, 0) is 6.42 Å². The van der Waals surface area contributed by atoms with Gasteiger partial charge in [0.15, 0.2) is 0 Å². The normalized spacial score (nSPS) is 13.9. The maximum absolute atomic E-state index is 10.1. The molecule has 1 nitrogen and oxygen atoms in total. The Morgan fingerprint density at radius 3 is 2.62 bits per heavy atom. The highest BCUT2D eigenvalue weighted by molar-refractivity contribution is 5.44. The minimum absolute atomic E-state index is 0.298. The van der Waals surface area contributed by atoms with Gasteiger partial charge in [-0.15, -0.1) is 0 Å². The Labute approximate surface area is 98.8 Å². The summed E-state index contributed by atoms with van der Waals surface area (Å²) in [4.78, 5) is 0. The Kier molecular flexibility index (Phi) is 4.60. The molecule has 1 rings (SSSR count). The molecular weight excluding hydrogens is 196 g/mol. The fourth-order valence-corrected chi connectivity index (χ4v) is 1.99. The van der Waals surface area contributed by atoms with Gasteiger partial charge in [0.25, 0.3) is 0 Å². The van der Waals surface area contributed by atoms with Crippen molar-refractivity contribution >= 4 is 0 Å². The summed E-state index contributed by atoms with van der Waals surface area (Å²) in [7, 11) is 0. The third-order valence-corrected chi connectivity index (χ3v) is 3.21. The second kappa shape index (κ2) is 5.74. The first-order valence-electron chi connectivity index (χ1n) is 6.09. The highest BCUT2D eigenvalue weighted by Gasteiger charge is 2.13. The summed E-state index contributed by atoms with van der Waals surface area (Å²) in [5.74, 6) is 0.771. The standard InChI is InChI=1S/C15H22O/c1-5-8-11(3)12(4)14-10-7-9-13(6-2)15(14)16/h7-10,12,16H,5-6H2,1-4H3/b11-8+. The summed E-state index contributed by atoms with van der Waals surface area (Å²) in [6.07, 6.45) is 4.15. The van der Waals surface area contributed by atoms with Crippen molar-refractivity contribution in [3.63, 3.8) is 0 Å². The van der Waals surface area contributed by atoms with Crippen LogP contribution in [0.15, 0.2) is 29.8 Å². The van der Waals surface area contributed by atoms with E-state index in [2.05, 4.69) is 33.8 Å². The van der Waals surface area contributed by atoms with Crippen LogP contribution in [-0.4, -0.2) is 5.11 Å². The van der Waals surface area contributed by atoms with Crippen LogP contribution in [0.4, 0.5) is 0 Å². The second-order valence-electron chi connectivity index (χ2n) is 4.29. The molecule has 0 fully saturated rings. The van der Waals surface area contributed by atoms with Crippen molar-refractivity contribution < 1.29 is 5.11 Å². The molecule has 1 heteroatoms. The van der Waals surface area contributed by atoms with Gasteiger partial charge in [-0.25, -0.2) is 0 Å². The Balaban J connectivity index is 3.09. The summed E-state index contributed by atoms with van der Waals surface area (Å²) in [5.41, 5.74) is 3.40. The lowest BCUT2D eigenvalue weighted by molar-refractivity contribution is 0.459. The van der Waals surface area contributed by atoms with E-state index in [0.717, 1.165) is 24.0 Å². The summed E-state index contributed by atoms with van der Waals surface area (Å²) in [5, 5.41) is 10.1. The van der Waals surface area contributed by atoms with Crippen LogP contribution < -0.4 is 0 Å². The fourth-order valence-electron chi connectivity index (χ4n) is 1.99. The van der Waals surface area contributed by atoms with Gasteiger partial charge in [0.05, 0.1) is 0 Å². The first-order valence-corrected chi connectivity index (χ1v) is 6.09. The Hall–Kier alpha value is -1.24. The molecule has 1 unspecified atom stereocenters. The molecule has 1 aromatic carbocycles. The van der Waals surface area contributed by atoms with Crippen LogP contribution in [0.2, 0.25) is 0 Å². The molecule has 0 amide bonds. The molecule has 0 saturated heterocycles. The topological polar surface area (TPSA) is 20.2 Å². The summed E-state index contributed by atoms with van der Waals surface area (Å²) in [6, 6.07) is 6.04. The van der Waals surface area contributed by atoms with E-state index in [1.165, 1.54) is 5.57 Å². The molecular formula is C15H22O. The average Bonchev–Trinajstić information content (AvgIpc) is 2.29. The lowest BCUT2D eigenvalue weighted by Gasteiger charge is -2.16. The van der Waals surface area contributed by atoms with Gasteiger partial charge < -0.3 is 5.11 Å². The van der Waals surface area contributed by atoms with E-state index in [1.807, 2.05) is 18.2 Å². The minimum atomic E-state index is 0.298. The highest BCUT2D eigenvalue weighted by atomic mass is 16.3. The number of hydrogen-bond donors (Lipinski definition) is 1. The lowest BCUT2D eigenvalue weighted by atomic mass is 9.91. The van der Waals surface area contributed by atoms with Crippen LogP contribution in [0.3, 0.4) is 0 Å². The number of allylic oxidation sites excluding steroid dienone is 2. The fraction of sp³-hybridized carbons (Fsp3) is 0.467. The summed E-state index contributed by atoms with van der Waals surface area (Å²) in [6.45, 7) is 8.49. The van der Waals surface area contributed by atoms with Crippen molar-refractivity contribution in [3.05, 3.63) is 41.0 Å². The van der Waals surface area contributed by atoms with E-state index in [1.54, 1.807) is 0 Å². The molecule has 1 N–H and O–H groups in total. The molecule has 0 aliphatic carbocycles. The monoisotopic (exact) mass is 218 g/mol. The van der Waals surface area contributed by atoms with E-state index in [-0.39, 0.29) is 0 Å². The predicted molar refractivity (Wildman–Crippen MR) is 69.9 cm³/mol. The van der Waals surface area contributed by atoms with Crippen molar-refractivity contribution in [2.75, 3.05) is 0 Å². The first kappa shape index (κ1) is 12.8. The Morgan fingerprint density at radius 1 is 1.38 bits per heavy atom. The zero-order chi connectivity index (χ0) is 12.1. The van der Waals surface area contributed by atoms with Gasteiger partial charge in [0.1, 0.15) is 5.75 Å². The van der Waals surface area contributed by atoms with Crippen molar-refractivity contribution in [1.82, 2.24) is 0 Å². The van der Waals surface area contributed by atoms with E-state index >= 15 is 0 Å². The zero-order valence-corrected chi connectivity index (χ0v) is 10.7. The van der Waals surface area contributed by atoms with E-state index in [4.69, 9.17) is 0 Å². The largest absolute Gasteiger partial charge is 0.507 e. The number of para-hydroxylation sites is 1. The van der Waals surface area contributed by atoms with Crippen LogP contribution in [0.5, 0.6) is 5.75 Å². The molecule has 1 aromatic rings. The van der Waals surface area contributed by atoms with E-state index < -0.39 is 0 Å². The number of phenols is 1.